The standard InChI is InChI=1S/C14H23NO2/c1-5-15-14(12-7-6-8-16-12)13-9(2)10(3)17-11(13)4/h6-11,13-15H,5H2,1-4H3. The molecular formula is C14H23NO2. The highest BCUT2D eigenvalue weighted by molar-refractivity contribution is 5.09. The van der Waals surface area contributed by atoms with E-state index in [0.29, 0.717) is 17.9 Å². The van der Waals surface area contributed by atoms with E-state index in [0.717, 1.165) is 12.3 Å². The van der Waals surface area contributed by atoms with E-state index in [4.69, 9.17) is 9.15 Å². The molecule has 0 aromatic carbocycles. The second-order valence-corrected chi connectivity index (χ2v) is 5.03. The molecule has 0 spiro atoms. The topological polar surface area (TPSA) is 34.4 Å². The van der Waals surface area contributed by atoms with Gasteiger partial charge in [-0.2, -0.15) is 0 Å². The van der Waals surface area contributed by atoms with Crippen molar-refractivity contribution in [2.45, 2.75) is 45.9 Å². The zero-order valence-electron chi connectivity index (χ0n) is 11.1. The first-order valence-electron chi connectivity index (χ1n) is 6.57. The third-order valence-electron chi connectivity index (χ3n) is 3.98. The predicted octanol–water partition coefficient (Wildman–Crippen LogP) is 2.99. The molecule has 1 aliphatic rings. The summed E-state index contributed by atoms with van der Waals surface area (Å²) in [6.07, 6.45) is 2.34. The summed E-state index contributed by atoms with van der Waals surface area (Å²) >= 11 is 0. The van der Waals surface area contributed by atoms with Crippen molar-refractivity contribution in [1.82, 2.24) is 5.32 Å². The zero-order valence-corrected chi connectivity index (χ0v) is 11.1. The molecule has 1 saturated heterocycles. The van der Waals surface area contributed by atoms with Gasteiger partial charge in [0.1, 0.15) is 5.76 Å². The lowest BCUT2D eigenvalue weighted by atomic mass is 9.82. The van der Waals surface area contributed by atoms with Gasteiger partial charge in [0.15, 0.2) is 0 Å². The molecule has 0 bridgehead atoms. The fraction of sp³-hybridized carbons (Fsp3) is 0.714. The van der Waals surface area contributed by atoms with E-state index in [2.05, 4.69) is 39.1 Å². The number of ether oxygens (including phenoxy) is 1. The Morgan fingerprint density at radius 1 is 1.29 bits per heavy atom. The Bertz CT molecular complexity index is 336. The highest BCUT2D eigenvalue weighted by Gasteiger charge is 2.42. The summed E-state index contributed by atoms with van der Waals surface area (Å²) in [7, 11) is 0. The fourth-order valence-corrected chi connectivity index (χ4v) is 2.98. The van der Waals surface area contributed by atoms with Crippen LogP contribution in [0.25, 0.3) is 0 Å². The molecule has 0 aliphatic carbocycles. The molecule has 3 heteroatoms. The van der Waals surface area contributed by atoms with Gasteiger partial charge in [-0.05, 0) is 38.4 Å². The second kappa shape index (κ2) is 5.23. The summed E-state index contributed by atoms with van der Waals surface area (Å²) in [5.74, 6) is 2.03. The van der Waals surface area contributed by atoms with Crippen molar-refractivity contribution in [2.75, 3.05) is 6.54 Å². The molecule has 0 amide bonds. The van der Waals surface area contributed by atoms with Gasteiger partial charge in [-0.15, -0.1) is 0 Å². The Morgan fingerprint density at radius 2 is 2.06 bits per heavy atom. The van der Waals surface area contributed by atoms with Gasteiger partial charge in [-0.25, -0.2) is 0 Å². The Hall–Kier alpha value is -0.800. The molecular weight excluding hydrogens is 214 g/mol. The predicted molar refractivity (Wildman–Crippen MR) is 67.8 cm³/mol. The Kier molecular flexibility index (Phi) is 3.89. The van der Waals surface area contributed by atoms with Crippen molar-refractivity contribution in [3.63, 3.8) is 0 Å². The molecule has 1 N–H and O–H groups in total. The number of nitrogens with one attached hydrogen (secondary N) is 1. The van der Waals surface area contributed by atoms with Gasteiger partial charge in [0, 0.05) is 5.92 Å². The van der Waals surface area contributed by atoms with E-state index >= 15 is 0 Å². The average Bonchev–Trinajstić information content (AvgIpc) is 2.88. The molecule has 1 aliphatic heterocycles. The van der Waals surface area contributed by atoms with Gasteiger partial charge >= 0.3 is 0 Å². The maximum Gasteiger partial charge on any atom is 0.121 e. The molecule has 5 unspecified atom stereocenters. The third-order valence-corrected chi connectivity index (χ3v) is 3.98. The Morgan fingerprint density at radius 3 is 2.53 bits per heavy atom. The number of furan rings is 1. The first kappa shape index (κ1) is 12.7. The van der Waals surface area contributed by atoms with Crippen molar-refractivity contribution in [3.8, 4) is 0 Å². The zero-order chi connectivity index (χ0) is 12.4. The van der Waals surface area contributed by atoms with Crippen LogP contribution in [0.5, 0.6) is 0 Å². The van der Waals surface area contributed by atoms with E-state index in [1.807, 2.05) is 6.07 Å². The van der Waals surface area contributed by atoms with Gasteiger partial charge in [-0.1, -0.05) is 13.8 Å². The van der Waals surface area contributed by atoms with Crippen molar-refractivity contribution in [2.24, 2.45) is 11.8 Å². The molecule has 96 valence electrons. The van der Waals surface area contributed by atoms with Crippen LogP contribution in [0.3, 0.4) is 0 Å². The van der Waals surface area contributed by atoms with E-state index in [-0.39, 0.29) is 12.1 Å². The number of hydrogen-bond donors (Lipinski definition) is 1. The molecule has 1 fully saturated rings. The van der Waals surface area contributed by atoms with Crippen LogP contribution >= 0.6 is 0 Å². The van der Waals surface area contributed by atoms with Crippen molar-refractivity contribution >= 4 is 0 Å². The molecule has 0 radical (unpaired) electrons. The minimum Gasteiger partial charge on any atom is -0.468 e. The summed E-state index contributed by atoms with van der Waals surface area (Å²) in [6, 6.07) is 4.26. The maximum absolute atomic E-state index is 5.93. The normalized spacial score (nSPS) is 35.1. The lowest BCUT2D eigenvalue weighted by molar-refractivity contribution is 0.0466. The molecule has 3 nitrogen and oxygen atoms in total. The smallest absolute Gasteiger partial charge is 0.121 e. The van der Waals surface area contributed by atoms with E-state index in [9.17, 15) is 0 Å². The van der Waals surface area contributed by atoms with E-state index in [1.165, 1.54) is 0 Å². The molecule has 2 rings (SSSR count). The third kappa shape index (κ3) is 2.40. The SMILES string of the molecule is CCNC(c1ccco1)C1C(C)OC(C)C1C. The van der Waals surface area contributed by atoms with Crippen LogP contribution in [-0.4, -0.2) is 18.8 Å². The fourth-order valence-electron chi connectivity index (χ4n) is 2.98. The van der Waals surface area contributed by atoms with Crippen LogP contribution in [-0.2, 0) is 4.74 Å². The van der Waals surface area contributed by atoms with Gasteiger partial charge in [0.2, 0.25) is 0 Å². The van der Waals surface area contributed by atoms with Crippen LogP contribution < -0.4 is 5.32 Å². The van der Waals surface area contributed by atoms with Crippen LogP contribution in [0.1, 0.15) is 39.5 Å². The summed E-state index contributed by atoms with van der Waals surface area (Å²) < 4.78 is 11.5. The van der Waals surface area contributed by atoms with Crippen LogP contribution in [0.15, 0.2) is 22.8 Å². The Balaban J connectivity index is 2.21. The number of hydrogen-bond acceptors (Lipinski definition) is 3. The van der Waals surface area contributed by atoms with Crippen LogP contribution in [0.4, 0.5) is 0 Å². The van der Waals surface area contributed by atoms with Crippen molar-refractivity contribution in [1.29, 1.82) is 0 Å². The van der Waals surface area contributed by atoms with E-state index in [1.54, 1.807) is 6.26 Å². The lowest BCUT2D eigenvalue weighted by Gasteiger charge is -2.28. The number of rotatable bonds is 4. The quantitative estimate of drug-likeness (QED) is 0.874. The van der Waals surface area contributed by atoms with Crippen molar-refractivity contribution < 1.29 is 9.15 Å². The Labute approximate surface area is 104 Å². The first-order chi connectivity index (χ1) is 8.15. The van der Waals surface area contributed by atoms with Crippen LogP contribution in [0, 0.1) is 11.8 Å². The largest absolute Gasteiger partial charge is 0.468 e. The van der Waals surface area contributed by atoms with Gasteiger partial charge < -0.3 is 14.5 Å². The summed E-state index contributed by atoms with van der Waals surface area (Å²) in [4.78, 5) is 0. The van der Waals surface area contributed by atoms with Crippen LogP contribution in [0.2, 0.25) is 0 Å². The van der Waals surface area contributed by atoms with E-state index < -0.39 is 0 Å². The van der Waals surface area contributed by atoms with Crippen molar-refractivity contribution in [3.05, 3.63) is 24.2 Å². The molecule has 2 heterocycles. The average molecular weight is 237 g/mol. The van der Waals surface area contributed by atoms with Gasteiger partial charge in [0.25, 0.3) is 0 Å². The molecule has 1 aromatic rings. The summed E-state index contributed by atoms with van der Waals surface area (Å²) in [6.45, 7) is 9.66. The summed E-state index contributed by atoms with van der Waals surface area (Å²) in [5, 5.41) is 3.53. The van der Waals surface area contributed by atoms with Gasteiger partial charge in [-0.3, -0.25) is 0 Å². The molecule has 17 heavy (non-hydrogen) atoms. The lowest BCUT2D eigenvalue weighted by Crippen LogP contribution is -2.34. The molecule has 0 saturated carbocycles. The summed E-state index contributed by atoms with van der Waals surface area (Å²) in [5.41, 5.74) is 0. The first-order valence-corrected chi connectivity index (χ1v) is 6.57. The highest BCUT2D eigenvalue weighted by Crippen LogP contribution is 2.40. The molecule has 5 atom stereocenters. The monoisotopic (exact) mass is 237 g/mol. The molecule has 1 aromatic heterocycles. The maximum atomic E-state index is 5.93. The minimum absolute atomic E-state index is 0.255. The minimum atomic E-state index is 0.255. The van der Waals surface area contributed by atoms with Gasteiger partial charge in [0.05, 0.1) is 24.5 Å². The second-order valence-electron chi connectivity index (χ2n) is 5.03. The highest BCUT2D eigenvalue weighted by atomic mass is 16.5.